The Morgan fingerprint density at radius 2 is 1.96 bits per heavy atom. The van der Waals surface area contributed by atoms with Crippen LogP contribution in [0.3, 0.4) is 0 Å². The summed E-state index contributed by atoms with van der Waals surface area (Å²) in [6.45, 7) is 8.26. The molecule has 1 aliphatic heterocycles. The molecule has 0 saturated carbocycles. The Bertz CT molecular complexity index is 772. The maximum atomic E-state index is 12.8. The van der Waals surface area contributed by atoms with Gasteiger partial charge in [-0.25, -0.2) is 0 Å². The van der Waals surface area contributed by atoms with Gasteiger partial charge in [0, 0.05) is 55.8 Å². The molecule has 0 atom stereocenters. The smallest absolute Gasteiger partial charge is 0.255 e. The summed E-state index contributed by atoms with van der Waals surface area (Å²) >= 11 is 6.09. The summed E-state index contributed by atoms with van der Waals surface area (Å²) in [6, 6.07) is 9.76. The van der Waals surface area contributed by atoms with Crippen molar-refractivity contribution in [3.8, 4) is 0 Å². The van der Waals surface area contributed by atoms with Gasteiger partial charge in [0.25, 0.3) is 5.91 Å². The number of hydrogen-bond acceptors (Lipinski definition) is 4. The van der Waals surface area contributed by atoms with Crippen molar-refractivity contribution in [3.05, 3.63) is 53.3 Å². The van der Waals surface area contributed by atoms with E-state index in [0.717, 1.165) is 42.5 Å². The van der Waals surface area contributed by atoms with Crippen molar-refractivity contribution in [1.29, 1.82) is 0 Å². The fourth-order valence-electron chi connectivity index (χ4n) is 3.18. The molecule has 3 rings (SSSR count). The fourth-order valence-corrected chi connectivity index (χ4v) is 3.37. The molecule has 1 aromatic heterocycles. The van der Waals surface area contributed by atoms with E-state index in [1.165, 1.54) is 0 Å². The maximum Gasteiger partial charge on any atom is 0.255 e. The van der Waals surface area contributed by atoms with E-state index in [4.69, 9.17) is 11.6 Å². The second kappa shape index (κ2) is 9.09. The van der Waals surface area contributed by atoms with E-state index in [0.29, 0.717) is 24.6 Å². The molecular weight excluding hydrogens is 360 g/mol. The van der Waals surface area contributed by atoms with Crippen molar-refractivity contribution in [1.82, 2.24) is 9.88 Å². The Kier molecular flexibility index (Phi) is 6.56. The number of hydrogen-bond donors (Lipinski definition) is 1. The minimum atomic E-state index is 0.0424. The van der Waals surface area contributed by atoms with Crippen molar-refractivity contribution < 1.29 is 4.79 Å². The molecule has 0 bridgehead atoms. The largest absolute Gasteiger partial charge is 0.384 e. The number of benzene rings is 1. The number of piperazine rings is 1. The molecule has 5 nitrogen and oxygen atoms in total. The lowest BCUT2D eigenvalue weighted by Crippen LogP contribution is -2.48. The van der Waals surface area contributed by atoms with Gasteiger partial charge in [-0.3, -0.25) is 9.78 Å². The molecule has 1 fully saturated rings. The molecule has 1 aliphatic rings. The molecule has 2 aromatic rings. The van der Waals surface area contributed by atoms with Crippen LogP contribution in [0.4, 0.5) is 11.4 Å². The molecule has 0 radical (unpaired) electrons. The summed E-state index contributed by atoms with van der Waals surface area (Å²) in [4.78, 5) is 21.2. The van der Waals surface area contributed by atoms with Gasteiger partial charge in [0.2, 0.25) is 0 Å². The van der Waals surface area contributed by atoms with Gasteiger partial charge >= 0.3 is 0 Å². The van der Waals surface area contributed by atoms with E-state index in [1.807, 2.05) is 29.2 Å². The minimum absolute atomic E-state index is 0.0424. The molecule has 2 heterocycles. The third kappa shape index (κ3) is 5.36. The third-order valence-electron chi connectivity index (χ3n) is 4.78. The first-order chi connectivity index (χ1) is 13.0. The number of pyridine rings is 1. The predicted molar refractivity (Wildman–Crippen MR) is 112 cm³/mol. The molecule has 6 heteroatoms. The van der Waals surface area contributed by atoms with Gasteiger partial charge in [-0.1, -0.05) is 31.5 Å². The highest BCUT2D eigenvalue weighted by molar-refractivity contribution is 6.30. The SMILES string of the molecule is CC(C)CCNc1cncc(C(=O)N2CCN(c3cccc(Cl)c3)CC2)c1. The van der Waals surface area contributed by atoms with Gasteiger partial charge < -0.3 is 15.1 Å². The summed E-state index contributed by atoms with van der Waals surface area (Å²) in [5.41, 5.74) is 2.65. The molecular formula is C21H27ClN4O. The minimum Gasteiger partial charge on any atom is -0.384 e. The second-order valence-corrected chi connectivity index (χ2v) is 7.77. The van der Waals surface area contributed by atoms with Crippen LogP contribution < -0.4 is 10.2 Å². The quantitative estimate of drug-likeness (QED) is 0.809. The van der Waals surface area contributed by atoms with Crippen LogP contribution in [0.15, 0.2) is 42.7 Å². The van der Waals surface area contributed by atoms with Crippen LogP contribution in [0.2, 0.25) is 5.02 Å². The molecule has 1 N–H and O–H groups in total. The van der Waals surface area contributed by atoms with Crippen LogP contribution in [0.25, 0.3) is 0 Å². The first-order valence-corrected chi connectivity index (χ1v) is 9.89. The topological polar surface area (TPSA) is 48.5 Å². The lowest BCUT2D eigenvalue weighted by molar-refractivity contribution is 0.0746. The number of carbonyl (C=O) groups excluding carboxylic acids is 1. The molecule has 1 aromatic carbocycles. The molecule has 1 amide bonds. The van der Waals surface area contributed by atoms with Crippen LogP contribution in [0.1, 0.15) is 30.6 Å². The second-order valence-electron chi connectivity index (χ2n) is 7.33. The van der Waals surface area contributed by atoms with Gasteiger partial charge in [0.05, 0.1) is 11.3 Å². The van der Waals surface area contributed by atoms with Crippen molar-refractivity contribution in [2.75, 3.05) is 42.9 Å². The molecule has 0 aliphatic carbocycles. The molecule has 27 heavy (non-hydrogen) atoms. The number of halogens is 1. The standard InChI is InChI=1S/C21H27ClN4O/c1-16(2)6-7-24-19-12-17(14-23-15-19)21(27)26-10-8-25(9-11-26)20-5-3-4-18(22)13-20/h3-5,12-16,24H,6-11H2,1-2H3. The highest BCUT2D eigenvalue weighted by Crippen LogP contribution is 2.21. The highest BCUT2D eigenvalue weighted by Gasteiger charge is 2.22. The van der Waals surface area contributed by atoms with E-state index in [-0.39, 0.29) is 5.91 Å². The predicted octanol–water partition coefficient (Wildman–Crippen LogP) is 4.16. The first kappa shape index (κ1) is 19.5. The molecule has 1 saturated heterocycles. The lowest BCUT2D eigenvalue weighted by atomic mass is 10.1. The van der Waals surface area contributed by atoms with Crippen LogP contribution in [-0.4, -0.2) is 48.5 Å². The summed E-state index contributed by atoms with van der Waals surface area (Å²) in [7, 11) is 0. The number of anilines is 2. The number of amides is 1. The van der Waals surface area contributed by atoms with Crippen LogP contribution in [0.5, 0.6) is 0 Å². The maximum absolute atomic E-state index is 12.8. The number of rotatable bonds is 6. The van der Waals surface area contributed by atoms with Crippen molar-refractivity contribution in [2.24, 2.45) is 5.92 Å². The Morgan fingerprint density at radius 3 is 2.67 bits per heavy atom. The van der Waals surface area contributed by atoms with Gasteiger partial charge in [0.15, 0.2) is 0 Å². The monoisotopic (exact) mass is 386 g/mol. The summed E-state index contributed by atoms with van der Waals surface area (Å²) in [6.07, 6.45) is 4.51. The number of aromatic nitrogens is 1. The molecule has 0 unspecified atom stereocenters. The van der Waals surface area contributed by atoms with Crippen molar-refractivity contribution in [2.45, 2.75) is 20.3 Å². The zero-order valence-electron chi connectivity index (χ0n) is 16.0. The average molecular weight is 387 g/mol. The summed E-state index contributed by atoms with van der Waals surface area (Å²) in [5, 5.41) is 4.09. The van der Waals surface area contributed by atoms with Crippen LogP contribution in [0, 0.1) is 5.92 Å². The zero-order chi connectivity index (χ0) is 19.2. The zero-order valence-corrected chi connectivity index (χ0v) is 16.7. The van der Waals surface area contributed by atoms with Crippen LogP contribution >= 0.6 is 11.6 Å². The fraction of sp³-hybridized carbons (Fsp3) is 0.429. The molecule has 144 valence electrons. The van der Waals surface area contributed by atoms with Gasteiger partial charge in [0.1, 0.15) is 0 Å². The highest BCUT2D eigenvalue weighted by atomic mass is 35.5. The normalized spacial score (nSPS) is 14.5. The Hall–Kier alpha value is -2.27. The van der Waals surface area contributed by atoms with Crippen molar-refractivity contribution >= 4 is 28.9 Å². The lowest BCUT2D eigenvalue weighted by Gasteiger charge is -2.36. The van der Waals surface area contributed by atoms with Gasteiger partial charge in [-0.05, 0) is 36.6 Å². The third-order valence-corrected chi connectivity index (χ3v) is 5.01. The van der Waals surface area contributed by atoms with E-state index in [2.05, 4.69) is 35.1 Å². The van der Waals surface area contributed by atoms with E-state index >= 15 is 0 Å². The summed E-state index contributed by atoms with van der Waals surface area (Å²) in [5.74, 6) is 0.687. The first-order valence-electron chi connectivity index (χ1n) is 9.51. The average Bonchev–Trinajstić information content (AvgIpc) is 2.67. The van der Waals surface area contributed by atoms with E-state index in [9.17, 15) is 4.79 Å². The summed E-state index contributed by atoms with van der Waals surface area (Å²) < 4.78 is 0. The van der Waals surface area contributed by atoms with E-state index < -0.39 is 0 Å². The number of nitrogens with one attached hydrogen (secondary N) is 1. The molecule has 0 spiro atoms. The Labute approximate surface area is 166 Å². The Morgan fingerprint density at radius 1 is 1.19 bits per heavy atom. The number of carbonyl (C=O) groups is 1. The Balaban J connectivity index is 1.57. The van der Waals surface area contributed by atoms with Crippen LogP contribution in [-0.2, 0) is 0 Å². The van der Waals surface area contributed by atoms with Gasteiger partial charge in [-0.15, -0.1) is 0 Å². The number of nitrogens with zero attached hydrogens (tertiary/aromatic N) is 3. The van der Waals surface area contributed by atoms with E-state index in [1.54, 1.807) is 12.4 Å². The van der Waals surface area contributed by atoms with Gasteiger partial charge in [-0.2, -0.15) is 0 Å². The van der Waals surface area contributed by atoms with Crippen molar-refractivity contribution in [3.63, 3.8) is 0 Å².